The third-order valence-corrected chi connectivity index (χ3v) is 1.85. The van der Waals surface area contributed by atoms with Crippen molar-refractivity contribution < 1.29 is 4.39 Å². The van der Waals surface area contributed by atoms with Crippen LogP contribution < -0.4 is 0 Å². The molecule has 0 aliphatic rings. The third-order valence-electron chi connectivity index (χ3n) is 1.04. The lowest BCUT2D eigenvalue weighted by atomic mass is 10.3. The van der Waals surface area contributed by atoms with Crippen molar-refractivity contribution in [3.8, 4) is 0 Å². The Morgan fingerprint density at radius 3 is 2.90 bits per heavy atom. The Hall–Kier alpha value is -0.150. The summed E-state index contributed by atoms with van der Waals surface area (Å²) >= 11 is 8.52. The van der Waals surface area contributed by atoms with Gasteiger partial charge in [0.1, 0.15) is 11.0 Å². The van der Waals surface area contributed by atoms with Crippen molar-refractivity contribution >= 4 is 27.5 Å². The summed E-state index contributed by atoms with van der Waals surface area (Å²) in [4.78, 5) is 3.71. The maximum absolute atomic E-state index is 12.7. The Balaban J connectivity index is 3.07. The van der Waals surface area contributed by atoms with E-state index in [-0.39, 0.29) is 11.0 Å². The number of aromatic nitrogens is 1. The van der Waals surface area contributed by atoms with Crippen LogP contribution in [0.5, 0.6) is 0 Å². The molecule has 4 heteroatoms. The molecule has 0 saturated carbocycles. The van der Waals surface area contributed by atoms with Gasteiger partial charge in [-0.2, -0.15) is 0 Å². The highest BCUT2D eigenvalue weighted by Crippen LogP contribution is 2.13. The summed E-state index contributed by atoms with van der Waals surface area (Å²) in [6, 6.07) is 1.19. The van der Waals surface area contributed by atoms with E-state index in [1.807, 2.05) is 0 Å². The molecule has 10 heavy (non-hydrogen) atoms. The van der Waals surface area contributed by atoms with Gasteiger partial charge in [-0.3, -0.25) is 0 Å². The molecule has 0 fully saturated rings. The quantitative estimate of drug-likeness (QED) is 0.528. The molecule has 1 aromatic rings. The predicted molar refractivity (Wildman–Crippen MR) is 41.8 cm³/mol. The summed E-state index contributed by atoms with van der Waals surface area (Å²) in [5, 5.41) is 0.644. The van der Waals surface area contributed by atoms with E-state index in [4.69, 9.17) is 11.6 Å². The van der Waals surface area contributed by atoms with Crippen molar-refractivity contribution in [1.29, 1.82) is 0 Å². The SMILES string of the molecule is Fc1cc(Cl)ncc1CBr. The topological polar surface area (TPSA) is 12.9 Å². The fourth-order valence-corrected chi connectivity index (χ4v) is 1.09. The van der Waals surface area contributed by atoms with E-state index in [1.54, 1.807) is 0 Å². The lowest BCUT2D eigenvalue weighted by Crippen LogP contribution is -1.87. The molecule has 1 heterocycles. The maximum atomic E-state index is 12.7. The maximum Gasteiger partial charge on any atom is 0.131 e. The van der Waals surface area contributed by atoms with Crippen molar-refractivity contribution in [2.45, 2.75) is 5.33 Å². The Morgan fingerprint density at radius 1 is 1.70 bits per heavy atom. The van der Waals surface area contributed by atoms with Crippen LogP contribution in [-0.4, -0.2) is 4.98 Å². The molecule has 0 amide bonds. The highest BCUT2D eigenvalue weighted by Gasteiger charge is 2.00. The largest absolute Gasteiger partial charge is 0.244 e. The standard InChI is InChI=1S/C6H4BrClFN/c7-2-4-3-10-6(8)1-5(4)9/h1,3H,2H2. The second kappa shape index (κ2) is 3.30. The molecule has 0 unspecified atom stereocenters. The van der Waals surface area contributed by atoms with Gasteiger partial charge in [0, 0.05) is 23.2 Å². The normalized spacial score (nSPS) is 9.90. The van der Waals surface area contributed by atoms with Crippen LogP contribution in [0.3, 0.4) is 0 Å². The predicted octanol–water partition coefficient (Wildman–Crippen LogP) is 2.77. The molecule has 0 aliphatic heterocycles. The number of hydrogen-bond donors (Lipinski definition) is 0. The number of alkyl halides is 1. The van der Waals surface area contributed by atoms with Crippen LogP contribution >= 0.6 is 27.5 Å². The van der Waals surface area contributed by atoms with Crippen LogP contribution in [0.4, 0.5) is 4.39 Å². The molecular weight excluding hydrogens is 220 g/mol. The van der Waals surface area contributed by atoms with Crippen molar-refractivity contribution in [2.24, 2.45) is 0 Å². The Bertz CT molecular complexity index is 241. The van der Waals surface area contributed by atoms with E-state index in [1.165, 1.54) is 12.3 Å². The van der Waals surface area contributed by atoms with Gasteiger partial charge < -0.3 is 0 Å². The van der Waals surface area contributed by atoms with E-state index in [0.29, 0.717) is 10.9 Å². The van der Waals surface area contributed by atoms with Crippen LogP contribution in [0.2, 0.25) is 5.15 Å². The van der Waals surface area contributed by atoms with Crippen molar-refractivity contribution in [3.63, 3.8) is 0 Å². The van der Waals surface area contributed by atoms with Gasteiger partial charge in [-0.25, -0.2) is 9.37 Å². The molecule has 1 rings (SSSR count). The first kappa shape index (κ1) is 7.95. The van der Waals surface area contributed by atoms with E-state index in [9.17, 15) is 4.39 Å². The molecule has 0 aliphatic carbocycles. The molecular formula is C6H4BrClFN. The van der Waals surface area contributed by atoms with Crippen LogP contribution in [0, 0.1) is 5.82 Å². The molecule has 1 aromatic heterocycles. The van der Waals surface area contributed by atoms with Gasteiger partial charge >= 0.3 is 0 Å². The summed E-state index contributed by atoms with van der Waals surface area (Å²) < 4.78 is 12.7. The van der Waals surface area contributed by atoms with Gasteiger partial charge in [0.2, 0.25) is 0 Å². The molecule has 54 valence electrons. The first-order chi connectivity index (χ1) is 4.74. The van der Waals surface area contributed by atoms with Gasteiger partial charge in [0.25, 0.3) is 0 Å². The summed E-state index contributed by atoms with van der Waals surface area (Å²) in [5.41, 5.74) is 0.518. The number of hydrogen-bond acceptors (Lipinski definition) is 1. The minimum Gasteiger partial charge on any atom is -0.244 e. The number of rotatable bonds is 1. The zero-order chi connectivity index (χ0) is 7.56. The zero-order valence-electron chi connectivity index (χ0n) is 4.94. The van der Waals surface area contributed by atoms with E-state index in [0.717, 1.165) is 0 Å². The minimum absolute atomic E-state index is 0.183. The van der Waals surface area contributed by atoms with Crippen molar-refractivity contribution in [1.82, 2.24) is 4.98 Å². The van der Waals surface area contributed by atoms with Gasteiger partial charge in [0.15, 0.2) is 0 Å². The third kappa shape index (κ3) is 1.67. The molecule has 0 bridgehead atoms. The molecule has 0 aromatic carbocycles. The van der Waals surface area contributed by atoms with Gasteiger partial charge in [-0.05, 0) is 0 Å². The fourth-order valence-electron chi connectivity index (χ4n) is 0.534. The number of nitrogens with zero attached hydrogens (tertiary/aromatic N) is 1. The Labute approximate surface area is 71.4 Å². The summed E-state index contributed by atoms with van der Waals surface area (Å²) in [6.07, 6.45) is 1.41. The number of pyridine rings is 1. The Kier molecular flexibility index (Phi) is 2.63. The van der Waals surface area contributed by atoms with E-state index >= 15 is 0 Å². The Morgan fingerprint density at radius 2 is 2.40 bits per heavy atom. The van der Waals surface area contributed by atoms with Crippen LogP contribution in [-0.2, 0) is 5.33 Å². The molecule has 1 nitrogen and oxygen atoms in total. The summed E-state index contributed by atoms with van der Waals surface area (Å²) in [7, 11) is 0. The van der Waals surface area contributed by atoms with Gasteiger partial charge in [-0.15, -0.1) is 0 Å². The second-order valence-electron chi connectivity index (χ2n) is 1.73. The highest BCUT2D eigenvalue weighted by molar-refractivity contribution is 9.08. The number of halogens is 3. The second-order valence-corrected chi connectivity index (χ2v) is 2.68. The first-order valence-corrected chi connectivity index (χ1v) is 4.10. The van der Waals surface area contributed by atoms with Gasteiger partial charge in [-0.1, -0.05) is 27.5 Å². The average molecular weight is 224 g/mol. The molecule has 0 radical (unpaired) electrons. The summed E-state index contributed by atoms with van der Waals surface area (Å²) in [6.45, 7) is 0. The van der Waals surface area contributed by atoms with Crippen molar-refractivity contribution in [3.05, 3.63) is 28.8 Å². The van der Waals surface area contributed by atoms with E-state index < -0.39 is 0 Å². The molecule has 0 spiro atoms. The molecule has 0 saturated heterocycles. The first-order valence-electron chi connectivity index (χ1n) is 2.60. The van der Waals surface area contributed by atoms with E-state index in [2.05, 4.69) is 20.9 Å². The monoisotopic (exact) mass is 223 g/mol. The molecule has 0 N–H and O–H groups in total. The molecule has 0 atom stereocenters. The lowest BCUT2D eigenvalue weighted by molar-refractivity contribution is 0.615. The zero-order valence-corrected chi connectivity index (χ0v) is 7.28. The summed E-state index contributed by atoms with van der Waals surface area (Å²) in [5.74, 6) is -0.322. The van der Waals surface area contributed by atoms with Crippen LogP contribution in [0.1, 0.15) is 5.56 Å². The average Bonchev–Trinajstić information content (AvgIpc) is 1.88. The van der Waals surface area contributed by atoms with Crippen molar-refractivity contribution in [2.75, 3.05) is 0 Å². The van der Waals surface area contributed by atoms with Gasteiger partial charge in [0.05, 0.1) is 0 Å². The smallest absolute Gasteiger partial charge is 0.131 e. The fraction of sp³-hybridized carbons (Fsp3) is 0.167. The van der Waals surface area contributed by atoms with Crippen LogP contribution in [0.15, 0.2) is 12.3 Å². The lowest BCUT2D eigenvalue weighted by Gasteiger charge is -1.95. The highest BCUT2D eigenvalue weighted by atomic mass is 79.9. The van der Waals surface area contributed by atoms with Crippen LogP contribution in [0.25, 0.3) is 0 Å². The minimum atomic E-state index is -0.322.